The zero-order chi connectivity index (χ0) is 7.68. The Morgan fingerprint density at radius 1 is 1.73 bits per heavy atom. The van der Waals surface area contributed by atoms with E-state index in [0.29, 0.717) is 12.2 Å². The van der Waals surface area contributed by atoms with Crippen molar-refractivity contribution in [1.82, 2.24) is 20.7 Å². The molecule has 2 N–H and O–H groups in total. The van der Waals surface area contributed by atoms with Crippen LogP contribution < -0.4 is 5.32 Å². The lowest BCUT2D eigenvalue weighted by Crippen LogP contribution is -2.12. The molecular weight excluding hydrogens is 148 g/mol. The van der Waals surface area contributed by atoms with E-state index in [2.05, 4.69) is 20.7 Å². The molecule has 6 heteroatoms. The van der Waals surface area contributed by atoms with Crippen molar-refractivity contribution in [3.8, 4) is 0 Å². The molecule has 1 aromatic rings. The summed E-state index contributed by atoms with van der Waals surface area (Å²) in [5.41, 5.74) is 0.642. The van der Waals surface area contributed by atoms with Gasteiger partial charge in [-0.15, -0.1) is 0 Å². The van der Waals surface area contributed by atoms with E-state index < -0.39 is 6.09 Å². The third-order valence-corrected chi connectivity index (χ3v) is 1.44. The lowest BCUT2D eigenvalue weighted by atomic mass is 10.3. The Balaban J connectivity index is 2.13. The number of hydrogen-bond acceptors (Lipinski definition) is 4. The molecule has 0 aromatic carbocycles. The van der Waals surface area contributed by atoms with Crippen LogP contribution in [0.2, 0.25) is 0 Å². The summed E-state index contributed by atoms with van der Waals surface area (Å²) in [4.78, 5) is 10.6. The summed E-state index contributed by atoms with van der Waals surface area (Å²) in [5.74, 6) is 0. The predicted molar refractivity (Wildman–Crippen MR) is 33.6 cm³/mol. The van der Waals surface area contributed by atoms with Gasteiger partial charge in [-0.05, 0) is 0 Å². The molecule has 0 bridgehead atoms. The van der Waals surface area contributed by atoms with E-state index >= 15 is 0 Å². The Labute approximate surface area is 61.9 Å². The van der Waals surface area contributed by atoms with Crippen molar-refractivity contribution in [2.75, 3.05) is 6.54 Å². The number of hydrogen-bond donors (Lipinski definition) is 2. The lowest BCUT2D eigenvalue weighted by Gasteiger charge is -1.99. The number of amides is 1. The highest BCUT2D eigenvalue weighted by Gasteiger charge is 2.25. The van der Waals surface area contributed by atoms with Gasteiger partial charge in [0.2, 0.25) is 0 Å². The molecule has 0 aliphatic carbocycles. The number of rotatable bonds is 1. The molecule has 1 aliphatic heterocycles. The van der Waals surface area contributed by atoms with Crippen molar-refractivity contribution in [3.05, 3.63) is 11.9 Å². The molecule has 2 heterocycles. The third-order valence-electron chi connectivity index (χ3n) is 1.44. The van der Waals surface area contributed by atoms with Gasteiger partial charge in [0, 0.05) is 0 Å². The number of carbonyl (C=O) groups is 1. The van der Waals surface area contributed by atoms with Crippen LogP contribution in [0.5, 0.6) is 0 Å². The fourth-order valence-corrected chi connectivity index (χ4v) is 0.919. The minimum absolute atomic E-state index is 0.291. The van der Waals surface area contributed by atoms with Crippen LogP contribution in [0.25, 0.3) is 0 Å². The second kappa shape index (κ2) is 2.22. The van der Waals surface area contributed by atoms with Gasteiger partial charge in [-0.2, -0.15) is 15.4 Å². The maximum atomic E-state index is 10.6. The van der Waals surface area contributed by atoms with Crippen molar-refractivity contribution in [1.29, 1.82) is 0 Å². The largest absolute Gasteiger partial charge is 0.438 e. The van der Waals surface area contributed by atoms with E-state index in [1.54, 1.807) is 0 Å². The molecule has 58 valence electrons. The molecule has 1 atom stereocenters. The topological polar surface area (TPSA) is 79.9 Å². The first kappa shape index (κ1) is 6.14. The van der Waals surface area contributed by atoms with Gasteiger partial charge in [0.1, 0.15) is 5.69 Å². The summed E-state index contributed by atoms with van der Waals surface area (Å²) in [6.07, 6.45) is 0.838. The highest BCUT2D eigenvalue weighted by molar-refractivity contribution is 5.69. The van der Waals surface area contributed by atoms with Gasteiger partial charge in [-0.3, -0.25) is 0 Å². The maximum Gasteiger partial charge on any atom is 0.408 e. The van der Waals surface area contributed by atoms with E-state index in [0.717, 1.165) is 0 Å². The molecule has 1 aliphatic rings. The molecule has 1 fully saturated rings. The quantitative estimate of drug-likeness (QED) is 0.576. The number of cyclic esters (lactones) is 1. The van der Waals surface area contributed by atoms with Gasteiger partial charge in [0.25, 0.3) is 0 Å². The molecule has 0 radical (unpaired) electrons. The lowest BCUT2D eigenvalue weighted by molar-refractivity contribution is 0.139. The molecule has 1 saturated heterocycles. The zero-order valence-electron chi connectivity index (χ0n) is 5.57. The van der Waals surface area contributed by atoms with Gasteiger partial charge < -0.3 is 10.1 Å². The Bertz CT molecular complexity index is 257. The van der Waals surface area contributed by atoms with Crippen LogP contribution in [0.3, 0.4) is 0 Å². The number of alkyl carbamates (subject to hydrolysis) is 1. The first-order valence-corrected chi connectivity index (χ1v) is 3.16. The predicted octanol–water partition coefficient (Wildman–Crippen LogP) is -0.414. The smallest absolute Gasteiger partial charge is 0.408 e. The maximum absolute atomic E-state index is 10.6. The standard InChI is InChI=1S/C5H6N4O2/c10-5-6-2-4(11-5)3-1-7-9-8-3/h1,4H,2H2,(H,6,10)(H,7,8,9). The normalized spacial score (nSPS) is 22.9. The molecule has 0 saturated carbocycles. The van der Waals surface area contributed by atoms with E-state index in [9.17, 15) is 4.79 Å². The van der Waals surface area contributed by atoms with Gasteiger partial charge in [0.15, 0.2) is 6.10 Å². The van der Waals surface area contributed by atoms with E-state index in [1.165, 1.54) is 6.20 Å². The summed E-state index contributed by atoms with van der Waals surface area (Å²) in [6, 6.07) is 0. The van der Waals surface area contributed by atoms with Crippen LogP contribution in [0, 0.1) is 0 Å². The highest BCUT2D eigenvalue weighted by Crippen LogP contribution is 2.16. The van der Waals surface area contributed by atoms with Gasteiger partial charge in [0.05, 0.1) is 12.7 Å². The van der Waals surface area contributed by atoms with Crippen molar-refractivity contribution >= 4 is 6.09 Å². The minimum Gasteiger partial charge on any atom is -0.438 e. The number of nitrogens with one attached hydrogen (secondary N) is 2. The second-order valence-corrected chi connectivity index (χ2v) is 2.17. The molecule has 0 spiro atoms. The Kier molecular flexibility index (Phi) is 1.24. The van der Waals surface area contributed by atoms with Gasteiger partial charge in [-0.1, -0.05) is 0 Å². The molecule has 1 unspecified atom stereocenters. The third kappa shape index (κ3) is 1.02. The average molecular weight is 154 g/mol. The molecule has 1 amide bonds. The minimum atomic E-state index is -0.405. The van der Waals surface area contributed by atoms with Crippen LogP contribution in [-0.4, -0.2) is 28.0 Å². The fraction of sp³-hybridized carbons (Fsp3) is 0.400. The molecule has 6 nitrogen and oxygen atoms in total. The van der Waals surface area contributed by atoms with Crippen LogP contribution in [-0.2, 0) is 4.74 Å². The van der Waals surface area contributed by atoms with Crippen molar-refractivity contribution in [2.24, 2.45) is 0 Å². The van der Waals surface area contributed by atoms with Crippen LogP contribution in [0.15, 0.2) is 6.20 Å². The van der Waals surface area contributed by atoms with Crippen molar-refractivity contribution < 1.29 is 9.53 Å². The Morgan fingerprint density at radius 3 is 3.18 bits per heavy atom. The summed E-state index contributed by atoms with van der Waals surface area (Å²) >= 11 is 0. The number of ether oxygens (including phenoxy) is 1. The molecule has 1 aromatic heterocycles. The van der Waals surface area contributed by atoms with Crippen LogP contribution >= 0.6 is 0 Å². The summed E-state index contributed by atoms with van der Waals surface area (Å²) < 4.78 is 4.83. The zero-order valence-corrected chi connectivity index (χ0v) is 5.57. The van der Waals surface area contributed by atoms with Crippen LogP contribution in [0.1, 0.15) is 11.8 Å². The Hall–Kier alpha value is -1.59. The summed E-state index contributed by atoms with van der Waals surface area (Å²) in [6.45, 7) is 0.464. The molecule has 11 heavy (non-hydrogen) atoms. The van der Waals surface area contributed by atoms with Crippen molar-refractivity contribution in [2.45, 2.75) is 6.10 Å². The monoisotopic (exact) mass is 154 g/mol. The molecule has 2 rings (SSSR count). The van der Waals surface area contributed by atoms with E-state index in [-0.39, 0.29) is 6.10 Å². The second-order valence-electron chi connectivity index (χ2n) is 2.17. The number of H-pyrrole nitrogens is 1. The average Bonchev–Trinajstić information content (AvgIpc) is 2.55. The first-order valence-electron chi connectivity index (χ1n) is 3.16. The number of nitrogens with zero attached hydrogens (tertiary/aromatic N) is 2. The number of aromatic amines is 1. The van der Waals surface area contributed by atoms with Crippen molar-refractivity contribution in [3.63, 3.8) is 0 Å². The van der Waals surface area contributed by atoms with E-state index in [4.69, 9.17) is 4.74 Å². The highest BCUT2D eigenvalue weighted by atomic mass is 16.6. The van der Waals surface area contributed by atoms with Gasteiger partial charge in [-0.25, -0.2) is 4.79 Å². The summed E-state index contributed by atoms with van der Waals surface area (Å²) in [7, 11) is 0. The fourth-order valence-electron chi connectivity index (χ4n) is 0.919. The van der Waals surface area contributed by atoms with E-state index in [1.807, 2.05) is 0 Å². The molecular formula is C5H6N4O2. The van der Waals surface area contributed by atoms with Crippen LogP contribution in [0.4, 0.5) is 4.79 Å². The first-order chi connectivity index (χ1) is 5.36. The number of carbonyl (C=O) groups excluding carboxylic acids is 1. The van der Waals surface area contributed by atoms with Gasteiger partial charge >= 0.3 is 6.09 Å². The number of aromatic nitrogens is 3. The summed E-state index contributed by atoms with van der Waals surface area (Å²) in [5, 5.41) is 12.3. The SMILES string of the molecule is O=C1NCC(c2cn[nH]n2)O1. The Morgan fingerprint density at radius 2 is 2.64 bits per heavy atom.